The van der Waals surface area contributed by atoms with Crippen LogP contribution in [0.15, 0.2) is 35.9 Å². The van der Waals surface area contributed by atoms with Crippen molar-refractivity contribution in [1.29, 1.82) is 5.26 Å². The zero-order valence-corrected chi connectivity index (χ0v) is 10.1. The summed E-state index contributed by atoms with van der Waals surface area (Å²) in [6.07, 6.45) is 1.60. The van der Waals surface area contributed by atoms with Crippen molar-refractivity contribution in [1.82, 2.24) is 0 Å². The van der Waals surface area contributed by atoms with E-state index in [1.165, 1.54) is 13.0 Å². The maximum atomic E-state index is 11.6. The molecule has 0 spiro atoms. The molecule has 0 heterocycles. The van der Waals surface area contributed by atoms with Crippen LogP contribution >= 0.6 is 0 Å². The largest absolute Gasteiger partial charge is 0.461 e. The second-order valence-corrected chi connectivity index (χ2v) is 3.57. The molecule has 1 aromatic carbocycles. The van der Waals surface area contributed by atoms with Gasteiger partial charge in [0.1, 0.15) is 12.2 Å². The highest BCUT2D eigenvalue weighted by molar-refractivity contribution is 6.19. The van der Waals surface area contributed by atoms with E-state index in [2.05, 4.69) is 0 Å². The molecule has 0 amide bonds. The smallest absolute Gasteiger partial charge is 0.341 e. The van der Waals surface area contributed by atoms with Crippen molar-refractivity contribution in [3.8, 4) is 6.07 Å². The van der Waals surface area contributed by atoms with Crippen LogP contribution in [0.2, 0.25) is 0 Å². The normalized spacial score (nSPS) is 10.6. The molecular formula is C14H13NO3. The number of esters is 1. The minimum Gasteiger partial charge on any atom is -0.461 e. The zero-order chi connectivity index (χ0) is 13.4. The van der Waals surface area contributed by atoms with Crippen molar-refractivity contribution in [3.63, 3.8) is 0 Å². The molecule has 18 heavy (non-hydrogen) atoms. The number of benzene rings is 1. The number of hydrogen-bond donors (Lipinski definition) is 0. The third-order valence-corrected chi connectivity index (χ3v) is 2.16. The molecule has 4 heteroatoms. The lowest BCUT2D eigenvalue weighted by atomic mass is 10.1. The van der Waals surface area contributed by atoms with Crippen molar-refractivity contribution in [2.75, 3.05) is 6.61 Å². The Labute approximate surface area is 105 Å². The van der Waals surface area contributed by atoms with Gasteiger partial charge in [0.05, 0.1) is 12.5 Å². The fraction of sp³-hybridized carbons (Fsp3) is 0.214. The quantitative estimate of drug-likeness (QED) is 0.261. The van der Waals surface area contributed by atoms with Crippen molar-refractivity contribution >= 4 is 17.8 Å². The van der Waals surface area contributed by atoms with Crippen molar-refractivity contribution < 1.29 is 14.3 Å². The molecular weight excluding hydrogens is 230 g/mol. The first-order valence-corrected chi connectivity index (χ1v) is 5.47. The molecule has 0 fully saturated rings. The molecule has 92 valence electrons. The van der Waals surface area contributed by atoms with E-state index in [-0.39, 0.29) is 24.4 Å². The number of carbonyl (C=O) groups is 2. The number of hydrogen-bond acceptors (Lipinski definition) is 4. The van der Waals surface area contributed by atoms with Gasteiger partial charge in [0.2, 0.25) is 0 Å². The van der Waals surface area contributed by atoms with Gasteiger partial charge in [-0.2, -0.15) is 5.26 Å². The molecule has 0 N–H and O–H groups in total. The molecule has 1 rings (SSSR count). The molecule has 0 aliphatic heterocycles. The zero-order valence-electron chi connectivity index (χ0n) is 10.1. The molecule has 0 radical (unpaired) electrons. The van der Waals surface area contributed by atoms with E-state index >= 15 is 0 Å². The van der Waals surface area contributed by atoms with E-state index in [0.717, 1.165) is 5.56 Å². The molecule has 4 nitrogen and oxygen atoms in total. The van der Waals surface area contributed by atoms with Crippen molar-refractivity contribution in [2.24, 2.45) is 0 Å². The van der Waals surface area contributed by atoms with Gasteiger partial charge in [0.25, 0.3) is 0 Å². The van der Waals surface area contributed by atoms with Gasteiger partial charge in [-0.05, 0) is 18.6 Å². The number of Topliss-reactive ketones (excluding diaryl/α,β-unsaturated/α-hetero) is 1. The summed E-state index contributed by atoms with van der Waals surface area (Å²) in [6, 6.07) is 10.9. The maximum absolute atomic E-state index is 11.6. The number of ether oxygens (including phenoxy) is 1. The molecule has 0 aromatic heterocycles. The minimum absolute atomic E-state index is 0.00522. The Bertz CT molecular complexity index is 498. The fourth-order valence-corrected chi connectivity index (χ4v) is 1.29. The van der Waals surface area contributed by atoms with Gasteiger partial charge in [-0.15, -0.1) is 0 Å². The third kappa shape index (κ3) is 4.22. The van der Waals surface area contributed by atoms with Crippen LogP contribution in [-0.4, -0.2) is 18.4 Å². The molecule has 1 aromatic rings. The molecule has 0 aliphatic carbocycles. The number of nitriles is 1. The summed E-state index contributed by atoms with van der Waals surface area (Å²) in [5, 5.41) is 8.34. The Morgan fingerprint density at radius 2 is 2.00 bits per heavy atom. The van der Waals surface area contributed by atoms with Gasteiger partial charge in [-0.25, -0.2) is 4.79 Å². The molecule has 0 saturated heterocycles. The summed E-state index contributed by atoms with van der Waals surface area (Å²) in [7, 11) is 0. The molecule has 0 unspecified atom stereocenters. The lowest BCUT2D eigenvalue weighted by molar-refractivity contribution is -0.140. The predicted octanol–water partition coefficient (Wildman–Crippen LogP) is 2.12. The van der Waals surface area contributed by atoms with E-state index < -0.39 is 5.97 Å². The summed E-state index contributed by atoms with van der Waals surface area (Å²) in [4.78, 5) is 23.0. The van der Waals surface area contributed by atoms with Crippen molar-refractivity contribution in [3.05, 3.63) is 41.5 Å². The molecule has 0 saturated carbocycles. The van der Waals surface area contributed by atoms with Crippen LogP contribution in [0, 0.1) is 11.3 Å². The molecule has 0 bridgehead atoms. The molecule has 0 aliphatic rings. The summed E-state index contributed by atoms with van der Waals surface area (Å²) < 4.78 is 4.83. The average Bonchev–Trinajstić information content (AvgIpc) is 2.37. The topological polar surface area (TPSA) is 67.2 Å². The highest BCUT2D eigenvalue weighted by Gasteiger charge is 2.15. The lowest BCUT2D eigenvalue weighted by Gasteiger charge is -2.04. The van der Waals surface area contributed by atoms with Crippen LogP contribution in [0.3, 0.4) is 0 Å². The third-order valence-electron chi connectivity index (χ3n) is 2.16. The second-order valence-electron chi connectivity index (χ2n) is 3.57. The van der Waals surface area contributed by atoms with E-state index in [1.54, 1.807) is 12.1 Å². The number of rotatable bonds is 5. The van der Waals surface area contributed by atoms with Gasteiger partial charge >= 0.3 is 5.97 Å². The monoisotopic (exact) mass is 243 g/mol. The Morgan fingerprint density at radius 1 is 1.33 bits per heavy atom. The van der Waals surface area contributed by atoms with E-state index in [0.29, 0.717) is 0 Å². The predicted molar refractivity (Wildman–Crippen MR) is 66.3 cm³/mol. The lowest BCUT2D eigenvalue weighted by Crippen LogP contribution is -2.14. The average molecular weight is 243 g/mol. The number of ketones is 1. The fourth-order valence-electron chi connectivity index (χ4n) is 1.29. The van der Waals surface area contributed by atoms with Gasteiger partial charge in [-0.1, -0.05) is 30.3 Å². The van der Waals surface area contributed by atoms with Crippen LogP contribution in [0.1, 0.15) is 18.9 Å². The summed E-state index contributed by atoms with van der Waals surface area (Å²) in [5.41, 5.74) is 0.735. The highest BCUT2D eigenvalue weighted by Crippen LogP contribution is 2.09. The Balaban J connectivity index is 2.84. The van der Waals surface area contributed by atoms with Gasteiger partial charge in [0.15, 0.2) is 5.78 Å². The Morgan fingerprint density at radius 3 is 2.56 bits per heavy atom. The van der Waals surface area contributed by atoms with Crippen LogP contribution < -0.4 is 0 Å². The first-order valence-electron chi connectivity index (χ1n) is 5.47. The van der Waals surface area contributed by atoms with Gasteiger partial charge < -0.3 is 4.74 Å². The van der Waals surface area contributed by atoms with Crippen LogP contribution in [-0.2, 0) is 14.3 Å². The maximum Gasteiger partial charge on any atom is 0.341 e. The summed E-state index contributed by atoms with van der Waals surface area (Å²) in [5.74, 6) is -1.05. The Kier molecular flexibility index (Phi) is 5.33. The van der Waals surface area contributed by atoms with Crippen LogP contribution in [0.25, 0.3) is 6.08 Å². The second kappa shape index (κ2) is 7.02. The first kappa shape index (κ1) is 13.7. The number of nitrogens with zero attached hydrogens (tertiary/aromatic N) is 1. The first-order chi connectivity index (χ1) is 8.65. The molecule has 0 atom stereocenters. The van der Waals surface area contributed by atoms with Crippen LogP contribution in [0.5, 0.6) is 0 Å². The minimum atomic E-state index is -0.693. The van der Waals surface area contributed by atoms with Gasteiger partial charge in [0, 0.05) is 0 Å². The van der Waals surface area contributed by atoms with Crippen LogP contribution in [0.4, 0.5) is 0 Å². The summed E-state index contributed by atoms with van der Waals surface area (Å²) >= 11 is 0. The SMILES string of the molecule is CC(=O)/C(=C\c1ccccc1)C(=O)OCCC#N. The van der Waals surface area contributed by atoms with Crippen molar-refractivity contribution in [2.45, 2.75) is 13.3 Å². The van der Waals surface area contributed by atoms with E-state index in [1.807, 2.05) is 24.3 Å². The van der Waals surface area contributed by atoms with Gasteiger partial charge in [-0.3, -0.25) is 4.79 Å². The van der Waals surface area contributed by atoms with E-state index in [9.17, 15) is 9.59 Å². The Hall–Kier alpha value is -2.41. The van der Waals surface area contributed by atoms with E-state index in [4.69, 9.17) is 10.00 Å². The highest BCUT2D eigenvalue weighted by atomic mass is 16.5. The summed E-state index contributed by atoms with van der Waals surface area (Å²) in [6.45, 7) is 1.30. The standard InChI is InChI=1S/C14H13NO3/c1-11(16)13(14(17)18-9-5-8-15)10-12-6-3-2-4-7-12/h2-4,6-7,10H,5,9H2,1H3/b13-10+. The number of carbonyl (C=O) groups excluding carboxylic acids is 2.